The molecular weight excluding hydrogens is 371 g/mol. The topological polar surface area (TPSA) is 127 Å². The Hall–Kier alpha value is -4.00. The number of benzene rings is 2. The molecular formula is C18H12F3N7. The van der Waals surface area contributed by atoms with Crippen LogP contribution in [0.5, 0.6) is 0 Å². The monoisotopic (exact) mass is 383 g/mol. The van der Waals surface area contributed by atoms with E-state index in [-0.39, 0.29) is 11.4 Å². The van der Waals surface area contributed by atoms with Crippen molar-refractivity contribution in [3.63, 3.8) is 0 Å². The third kappa shape index (κ3) is 3.73. The molecule has 4 N–H and O–H groups in total. The molecule has 0 aliphatic carbocycles. The van der Waals surface area contributed by atoms with Gasteiger partial charge in [-0.25, -0.2) is 9.98 Å². The van der Waals surface area contributed by atoms with E-state index < -0.39 is 29.1 Å². The minimum absolute atomic E-state index is 0.131. The molecule has 0 fully saturated rings. The fourth-order valence-corrected chi connectivity index (χ4v) is 2.45. The predicted octanol–water partition coefficient (Wildman–Crippen LogP) is 3.56. The molecule has 0 saturated carbocycles. The molecule has 2 aromatic carbocycles. The van der Waals surface area contributed by atoms with E-state index >= 15 is 0 Å². The van der Waals surface area contributed by atoms with Crippen LogP contribution >= 0.6 is 0 Å². The Kier molecular flexibility index (Phi) is 4.91. The van der Waals surface area contributed by atoms with Gasteiger partial charge in [0.2, 0.25) is 0 Å². The summed E-state index contributed by atoms with van der Waals surface area (Å²) in [5.41, 5.74) is 4.39. The van der Waals surface area contributed by atoms with Crippen LogP contribution in [0.25, 0.3) is 10.9 Å². The standard InChI is InChI=1S/C18H12F3N7/c19-18(20,21)12-7-3-1-5-10(12)15(24)25-17(13(23)9-22)26-16-11-6-2-4-8-14(11)27-28-16/h1-8,23H,(H3,24,25,26,27,28). The molecule has 3 aromatic rings. The van der Waals surface area contributed by atoms with Crippen LogP contribution in [-0.4, -0.2) is 27.6 Å². The lowest BCUT2D eigenvalue weighted by molar-refractivity contribution is -0.137. The first-order valence-corrected chi connectivity index (χ1v) is 7.83. The van der Waals surface area contributed by atoms with Crippen LogP contribution in [0.3, 0.4) is 0 Å². The van der Waals surface area contributed by atoms with E-state index in [2.05, 4.69) is 20.2 Å². The number of amidine groups is 2. The third-order valence-electron chi connectivity index (χ3n) is 3.73. The van der Waals surface area contributed by atoms with Gasteiger partial charge in [-0.15, -0.1) is 0 Å². The quantitative estimate of drug-likeness (QED) is 0.473. The second-order valence-electron chi connectivity index (χ2n) is 5.56. The van der Waals surface area contributed by atoms with Crippen LogP contribution in [0.2, 0.25) is 0 Å². The number of rotatable bonds is 3. The first-order chi connectivity index (χ1) is 13.3. The zero-order valence-electron chi connectivity index (χ0n) is 14.1. The molecule has 0 atom stereocenters. The number of nitrogens with two attached hydrogens (primary N) is 1. The first-order valence-electron chi connectivity index (χ1n) is 7.83. The highest BCUT2D eigenvalue weighted by Gasteiger charge is 2.34. The van der Waals surface area contributed by atoms with Crippen molar-refractivity contribution >= 4 is 34.1 Å². The lowest BCUT2D eigenvalue weighted by Gasteiger charge is -2.12. The van der Waals surface area contributed by atoms with Crippen molar-refractivity contribution in [2.24, 2.45) is 15.7 Å². The molecule has 0 unspecified atom stereocenters. The lowest BCUT2D eigenvalue weighted by atomic mass is 10.1. The molecule has 0 aliphatic heterocycles. The van der Waals surface area contributed by atoms with Gasteiger partial charge in [-0.3, -0.25) is 10.5 Å². The third-order valence-corrected chi connectivity index (χ3v) is 3.73. The Morgan fingerprint density at radius 1 is 1.14 bits per heavy atom. The average Bonchev–Trinajstić information content (AvgIpc) is 3.09. The molecule has 0 saturated heterocycles. The average molecular weight is 383 g/mol. The van der Waals surface area contributed by atoms with Crippen LogP contribution in [0, 0.1) is 16.7 Å². The minimum Gasteiger partial charge on any atom is -0.383 e. The van der Waals surface area contributed by atoms with Gasteiger partial charge in [0, 0.05) is 10.9 Å². The number of nitrogens with one attached hydrogen (secondary N) is 2. The summed E-state index contributed by atoms with van der Waals surface area (Å²) < 4.78 is 39.6. The molecule has 0 aliphatic rings. The number of aromatic nitrogens is 2. The van der Waals surface area contributed by atoms with Crippen molar-refractivity contribution < 1.29 is 13.2 Å². The number of nitriles is 1. The highest BCUT2D eigenvalue weighted by Crippen LogP contribution is 2.31. The Bertz CT molecular complexity index is 1150. The molecule has 140 valence electrons. The number of aromatic amines is 1. The summed E-state index contributed by atoms with van der Waals surface area (Å²) in [5, 5.41) is 24.1. The second kappa shape index (κ2) is 7.32. The number of alkyl halides is 3. The van der Waals surface area contributed by atoms with Gasteiger partial charge in [-0.1, -0.05) is 30.3 Å². The van der Waals surface area contributed by atoms with Crippen molar-refractivity contribution in [3.8, 4) is 6.07 Å². The van der Waals surface area contributed by atoms with Gasteiger partial charge >= 0.3 is 6.18 Å². The highest BCUT2D eigenvalue weighted by atomic mass is 19.4. The van der Waals surface area contributed by atoms with Crippen molar-refractivity contribution in [1.29, 1.82) is 10.7 Å². The van der Waals surface area contributed by atoms with Gasteiger partial charge in [0.15, 0.2) is 17.4 Å². The van der Waals surface area contributed by atoms with E-state index in [1.807, 2.05) is 0 Å². The zero-order chi connectivity index (χ0) is 20.3. The summed E-state index contributed by atoms with van der Waals surface area (Å²) in [6.07, 6.45) is -4.64. The van der Waals surface area contributed by atoms with Crippen LogP contribution in [-0.2, 0) is 6.18 Å². The minimum atomic E-state index is -4.64. The highest BCUT2D eigenvalue weighted by molar-refractivity contribution is 6.48. The van der Waals surface area contributed by atoms with E-state index in [0.29, 0.717) is 10.9 Å². The molecule has 0 bridgehead atoms. The Morgan fingerprint density at radius 3 is 2.54 bits per heavy atom. The fourth-order valence-electron chi connectivity index (χ4n) is 2.45. The molecule has 1 aromatic heterocycles. The van der Waals surface area contributed by atoms with E-state index in [9.17, 15) is 13.2 Å². The summed E-state index contributed by atoms with van der Waals surface area (Å²) in [5.74, 6) is -0.841. The number of aliphatic imine (C=N–C) groups is 2. The Labute approximate surface area is 156 Å². The summed E-state index contributed by atoms with van der Waals surface area (Å²) in [6.45, 7) is 0. The van der Waals surface area contributed by atoms with Crippen LogP contribution in [0.15, 0.2) is 58.5 Å². The van der Waals surface area contributed by atoms with Gasteiger partial charge < -0.3 is 5.73 Å². The maximum Gasteiger partial charge on any atom is 0.417 e. The number of para-hydroxylation sites is 1. The summed E-state index contributed by atoms with van der Waals surface area (Å²) in [7, 11) is 0. The predicted molar refractivity (Wildman–Crippen MR) is 98.7 cm³/mol. The van der Waals surface area contributed by atoms with Crippen molar-refractivity contribution in [3.05, 3.63) is 59.7 Å². The van der Waals surface area contributed by atoms with Crippen LogP contribution in [0.1, 0.15) is 11.1 Å². The van der Waals surface area contributed by atoms with Crippen LogP contribution in [0.4, 0.5) is 19.0 Å². The van der Waals surface area contributed by atoms with E-state index in [1.54, 1.807) is 30.3 Å². The van der Waals surface area contributed by atoms with E-state index in [4.69, 9.17) is 16.4 Å². The number of H-pyrrole nitrogens is 1. The fraction of sp³-hybridized carbons (Fsp3) is 0.0556. The smallest absolute Gasteiger partial charge is 0.383 e. The van der Waals surface area contributed by atoms with Crippen molar-refractivity contribution in [2.45, 2.75) is 6.18 Å². The number of hydrogen-bond acceptors (Lipinski definition) is 4. The molecule has 28 heavy (non-hydrogen) atoms. The lowest BCUT2D eigenvalue weighted by Crippen LogP contribution is -2.23. The molecule has 10 heteroatoms. The van der Waals surface area contributed by atoms with E-state index in [1.165, 1.54) is 12.1 Å². The summed E-state index contributed by atoms with van der Waals surface area (Å²) in [6, 6.07) is 13.1. The molecule has 0 radical (unpaired) electrons. The number of hydrogen-bond donors (Lipinski definition) is 3. The Balaban J connectivity index is 2.12. The van der Waals surface area contributed by atoms with Crippen molar-refractivity contribution in [2.75, 3.05) is 0 Å². The Morgan fingerprint density at radius 2 is 1.82 bits per heavy atom. The largest absolute Gasteiger partial charge is 0.417 e. The second-order valence-corrected chi connectivity index (χ2v) is 5.56. The summed E-state index contributed by atoms with van der Waals surface area (Å²) in [4.78, 5) is 7.87. The van der Waals surface area contributed by atoms with Gasteiger partial charge in [-0.2, -0.15) is 23.5 Å². The molecule has 3 rings (SSSR count). The first kappa shape index (κ1) is 18.8. The molecule has 7 nitrogen and oxygen atoms in total. The van der Waals surface area contributed by atoms with Gasteiger partial charge in [0.1, 0.15) is 11.9 Å². The normalized spacial score (nSPS) is 12.8. The molecule has 0 amide bonds. The summed E-state index contributed by atoms with van der Waals surface area (Å²) >= 11 is 0. The zero-order valence-corrected chi connectivity index (χ0v) is 14.1. The van der Waals surface area contributed by atoms with Crippen LogP contribution < -0.4 is 5.73 Å². The molecule has 0 spiro atoms. The van der Waals surface area contributed by atoms with E-state index in [0.717, 1.165) is 12.1 Å². The molecule has 1 heterocycles. The van der Waals surface area contributed by atoms with Gasteiger partial charge in [0.05, 0.1) is 11.1 Å². The maximum absolute atomic E-state index is 13.2. The van der Waals surface area contributed by atoms with Gasteiger partial charge in [0.25, 0.3) is 0 Å². The number of fused-ring (bicyclic) bond motifs is 1. The van der Waals surface area contributed by atoms with Crippen molar-refractivity contribution in [1.82, 2.24) is 10.2 Å². The number of nitrogens with zero attached hydrogens (tertiary/aromatic N) is 4. The SMILES string of the molecule is N#CC(=N)C(=Nc1n[nH]c2ccccc12)N=C(N)c1ccccc1C(F)(F)F. The maximum atomic E-state index is 13.2. The van der Waals surface area contributed by atoms with Gasteiger partial charge in [-0.05, 0) is 18.2 Å². The number of halogens is 3.